The van der Waals surface area contributed by atoms with E-state index in [2.05, 4.69) is 0 Å². The van der Waals surface area contributed by atoms with Crippen molar-refractivity contribution in [3.05, 3.63) is 22.7 Å². The Balaban J connectivity index is 0.00000289. The van der Waals surface area contributed by atoms with E-state index in [1.54, 1.807) is 14.1 Å². The Bertz CT molecular complexity index is 481. The maximum absolute atomic E-state index is 11.8. The number of carbonyl (C=O) groups is 1. The van der Waals surface area contributed by atoms with Crippen molar-refractivity contribution in [2.24, 2.45) is 0 Å². The summed E-state index contributed by atoms with van der Waals surface area (Å²) in [6.07, 6.45) is 0. The minimum Gasteiger partial charge on any atom is -0.768 e. The molecule has 1 amide bonds. The van der Waals surface area contributed by atoms with E-state index < -0.39 is 11.1 Å². The smallest absolute Gasteiger partial charge is 0.768 e. The van der Waals surface area contributed by atoms with Crippen LogP contribution in [0.2, 0.25) is 5.02 Å². The van der Waals surface area contributed by atoms with Gasteiger partial charge in [-0.1, -0.05) is 11.6 Å². The molecule has 0 N–H and O–H groups in total. The predicted octanol–water partition coefficient (Wildman–Crippen LogP) is -1.71. The maximum Gasteiger partial charge on any atom is 1.00 e. The van der Waals surface area contributed by atoms with Gasteiger partial charge in [0.15, 0.2) is 0 Å². The summed E-state index contributed by atoms with van der Waals surface area (Å²) in [6.45, 7) is 0. The fourth-order valence-electron chi connectivity index (χ4n) is 1.30. The third-order valence-corrected chi connectivity index (χ3v) is 2.92. The Kier molecular flexibility index (Phi) is 7.43. The molecule has 0 aromatic heterocycles. The van der Waals surface area contributed by atoms with Crippen molar-refractivity contribution in [1.29, 1.82) is 0 Å². The molecule has 0 spiro atoms. The number of nitrogens with zero attached hydrogens (tertiary/aromatic N) is 1. The van der Waals surface area contributed by atoms with Gasteiger partial charge in [0.2, 0.25) is 0 Å². The van der Waals surface area contributed by atoms with E-state index in [9.17, 15) is 13.6 Å². The topological polar surface area (TPSA) is 69.7 Å². The van der Waals surface area contributed by atoms with Gasteiger partial charge >= 0.3 is 29.6 Å². The van der Waals surface area contributed by atoms with Gasteiger partial charge in [-0.3, -0.25) is 9.00 Å². The summed E-state index contributed by atoms with van der Waals surface area (Å²) in [5, 5.41) is 0.162. The van der Waals surface area contributed by atoms with Crippen LogP contribution in [0.4, 0.5) is 0 Å². The summed E-state index contributed by atoms with van der Waals surface area (Å²) >= 11 is 3.25. The summed E-state index contributed by atoms with van der Waals surface area (Å²) < 4.78 is 27.0. The number of ether oxygens (including phenoxy) is 1. The van der Waals surface area contributed by atoms with E-state index in [-0.39, 0.29) is 56.7 Å². The summed E-state index contributed by atoms with van der Waals surface area (Å²) in [6, 6.07) is 2.61. The van der Waals surface area contributed by atoms with Crippen molar-refractivity contribution in [2.75, 3.05) is 21.2 Å². The van der Waals surface area contributed by atoms with Crippen LogP contribution in [-0.2, 0) is 11.1 Å². The minimum atomic E-state index is -2.52. The maximum atomic E-state index is 11.8. The standard InChI is InChI=1S/C10H12ClNO4S.Na/c1-12(2)10(13)7-4-6(11)5-8(17(14)15)9(7)16-3;/h4-5H,1-3H3,(H,14,15);/q;+1/p-1. The normalized spacial score (nSPS) is 11.4. The fraction of sp³-hybridized carbons (Fsp3) is 0.300. The van der Waals surface area contributed by atoms with Crippen LogP contribution >= 0.6 is 11.6 Å². The number of hydrogen-bond donors (Lipinski definition) is 0. The second-order valence-electron chi connectivity index (χ2n) is 3.42. The number of hydrogen-bond acceptors (Lipinski definition) is 4. The second-order valence-corrected chi connectivity index (χ2v) is 4.76. The molecule has 0 aliphatic rings. The molecule has 0 aliphatic carbocycles. The molecule has 94 valence electrons. The zero-order valence-corrected chi connectivity index (χ0v) is 14.1. The van der Waals surface area contributed by atoms with E-state index in [1.165, 1.54) is 24.1 Å². The minimum absolute atomic E-state index is 0. The first-order valence-electron chi connectivity index (χ1n) is 4.57. The number of methoxy groups -OCH3 is 1. The zero-order chi connectivity index (χ0) is 13.2. The largest absolute Gasteiger partial charge is 1.00 e. The first kappa shape index (κ1) is 17.9. The van der Waals surface area contributed by atoms with Crippen LogP contribution in [0.5, 0.6) is 5.75 Å². The quantitative estimate of drug-likeness (QED) is 0.492. The zero-order valence-electron chi connectivity index (χ0n) is 10.5. The number of amides is 1. The molecule has 0 aliphatic heterocycles. The average molecular weight is 300 g/mol. The van der Waals surface area contributed by atoms with Crippen molar-refractivity contribution in [3.8, 4) is 5.75 Å². The number of halogens is 1. The molecule has 1 aromatic rings. The molecule has 0 saturated heterocycles. The van der Waals surface area contributed by atoms with Crippen LogP contribution < -0.4 is 34.3 Å². The van der Waals surface area contributed by atoms with Crippen LogP contribution in [0.25, 0.3) is 0 Å². The fourth-order valence-corrected chi connectivity index (χ4v) is 2.15. The second kappa shape index (κ2) is 7.47. The molecule has 0 bridgehead atoms. The van der Waals surface area contributed by atoms with Crippen molar-refractivity contribution in [1.82, 2.24) is 4.90 Å². The Hall–Kier alpha value is -0.110. The van der Waals surface area contributed by atoms with Gasteiger partial charge in [-0.15, -0.1) is 0 Å². The monoisotopic (exact) mass is 299 g/mol. The Morgan fingerprint density at radius 1 is 1.44 bits per heavy atom. The predicted molar refractivity (Wildman–Crippen MR) is 63.2 cm³/mol. The van der Waals surface area contributed by atoms with Crippen LogP contribution in [0.15, 0.2) is 17.0 Å². The molecule has 0 fully saturated rings. The van der Waals surface area contributed by atoms with Crippen molar-refractivity contribution in [3.63, 3.8) is 0 Å². The van der Waals surface area contributed by atoms with Crippen LogP contribution in [0.1, 0.15) is 10.4 Å². The van der Waals surface area contributed by atoms with Gasteiger partial charge in [0.05, 0.1) is 17.6 Å². The molecule has 1 aromatic carbocycles. The average Bonchev–Trinajstić information content (AvgIpc) is 2.26. The van der Waals surface area contributed by atoms with E-state index in [1.807, 2.05) is 0 Å². The van der Waals surface area contributed by atoms with Crippen LogP contribution in [-0.4, -0.2) is 40.8 Å². The third-order valence-electron chi connectivity index (χ3n) is 2.04. The van der Waals surface area contributed by atoms with Gasteiger partial charge in [0, 0.05) is 19.1 Å². The Morgan fingerprint density at radius 3 is 2.39 bits per heavy atom. The van der Waals surface area contributed by atoms with Crippen molar-refractivity contribution in [2.45, 2.75) is 4.90 Å². The van der Waals surface area contributed by atoms with E-state index >= 15 is 0 Å². The molecule has 0 heterocycles. The van der Waals surface area contributed by atoms with E-state index in [4.69, 9.17) is 16.3 Å². The van der Waals surface area contributed by atoms with E-state index in [0.717, 1.165) is 0 Å². The molecule has 18 heavy (non-hydrogen) atoms. The number of rotatable bonds is 3. The molecular formula is C10H11ClNNaO4S. The number of carbonyl (C=O) groups excluding carboxylic acids is 1. The Labute approximate surface area is 135 Å². The Morgan fingerprint density at radius 2 is 2.00 bits per heavy atom. The van der Waals surface area contributed by atoms with Gasteiger partial charge < -0.3 is 14.2 Å². The SMILES string of the molecule is COc1c(C(=O)N(C)C)cc(Cl)cc1S(=O)[O-].[Na+]. The molecule has 1 atom stereocenters. The van der Waals surface area contributed by atoms with Crippen LogP contribution in [0, 0.1) is 0 Å². The molecule has 0 radical (unpaired) electrons. The van der Waals surface area contributed by atoms with Crippen molar-refractivity contribution < 1.29 is 47.9 Å². The molecule has 1 unspecified atom stereocenters. The third kappa shape index (κ3) is 3.94. The van der Waals surface area contributed by atoms with Crippen LogP contribution in [0.3, 0.4) is 0 Å². The summed E-state index contributed by atoms with van der Waals surface area (Å²) in [5.74, 6) is -0.377. The van der Waals surface area contributed by atoms with Gasteiger partial charge in [0.1, 0.15) is 5.75 Å². The molecule has 5 nitrogen and oxygen atoms in total. The van der Waals surface area contributed by atoms with Crippen molar-refractivity contribution >= 4 is 28.6 Å². The first-order chi connectivity index (χ1) is 7.88. The van der Waals surface area contributed by atoms with E-state index in [0.29, 0.717) is 0 Å². The van der Waals surface area contributed by atoms with Gasteiger partial charge in [-0.2, -0.15) is 0 Å². The number of benzene rings is 1. The molecular weight excluding hydrogens is 289 g/mol. The molecule has 1 rings (SSSR count). The summed E-state index contributed by atoms with van der Waals surface area (Å²) in [5.41, 5.74) is 0.115. The summed E-state index contributed by atoms with van der Waals surface area (Å²) in [7, 11) is 4.40. The van der Waals surface area contributed by atoms with Gasteiger partial charge in [0.25, 0.3) is 5.91 Å². The van der Waals surface area contributed by atoms with Gasteiger partial charge in [-0.25, -0.2) is 0 Å². The first-order valence-corrected chi connectivity index (χ1v) is 6.02. The van der Waals surface area contributed by atoms with Gasteiger partial charge in [-0.05, 0) is 23.2 Å². The molecule has 0 saturated carbocycles. The summed E-state index contributed by atoms with van der Waals surface area (Å²) in [4.78, 5) is 13.0. The molecule has 8 heteroatoms.